The van der Waals surface area contributed by atoms with E-state index in [-0.39, 0.29) is 12.5 Å². The molecule has 202 valence electrons. The molecule has 36 heavy (non-hydrogen) atoms. The van der Waals surface area contributed by atoms with Gasteiger partial charge in [0.15, 0.2) is 0 Å². The minimum atomic E-state index is -1.29. The Kier molecular flexibility index (Phi) is 10.9. The van der Waals surface area contributed by atoms with Gasteiger partial charge in [-0.2, -0.15) is 0 Å². The third-order valence-corrected chi connectivity index (χ3v) is 5.43. The van der Waals surface area contributed by atoms with Crippen molar-refractivity contribution in [2.75, 3.05) is 6.54 Å². The number of nitrogens with zero attached hydrogens (tertiary/aromatic N) is 1. The van der Waals surface area contributed by atoms with Crippen LogP contribution in [0.25, 0.3) is 0 Å². The standard InChI is InChI=1S/C27H44N4O5/c1-10-11-15-31(24(34)20(16-21(28)32)29-25(35)36-27(7,8)9)22(23(33)30-26(4,5)6)19-14-12-13-17(2)18(19)3/h12-14,20,22H,10-11,15-16H2,1-9H3,(H2,28,32)(H,29,35)(H,30,33). The van der Waals surface area contributed by atoms with Crippen LogP contribution in [-0.4, -0.2) is 52.4 Å². The van der Waals surface area contributed by atoms with Crippen molar-refractivity contribution < 1.29 is 23.9 Å². The predicted molar refractivity (Wildman–Crippen MR) is 140 cm³/mol. The Labute approximate surface area is 215 Å². The normalized spacial score (nSPS) is 13.4. The first-order valence-electron chi connectivity index (χ1n) is 12.4. The number of nitrogens with one attached hydrogen (secondary N) is 2. The van der Waals surface area contributed by atoms with E-state index in [0.29, 0.717) is 12.0 Å². The molecule has 0 bridgehead atoms. The first-order chi connectivity index (χ1) is 16.5. The fourth-order valence-corrected chi connectivity index (χ4v) is 3.70. The zero-order chi connectivity index (χ0) is 27.8. The molecule has 2 unspecified atom stereocenters. The van der Waals surface area contributed by atoms with Crippen molar-refractivity contribution in [3.8, 4) is 0 Å². The number of carbonyl (C=O) groups excluding carboxylic acids is 4. The summed E-state index contributed by atoms with van der Waals surface area (Å²) < 4.78 is 5.30. The highest BCUT2D eigenvalue weighted by atomic mass is 16.6. The third-order valence-electron chi connectivity index (χ3n) is 5.43. The number of nitrogens with two attached hydrogens (primary N) is 1. The Morgan fingerprint density at radius 3 is 2.17 bits per heavy atom. The van der Waals surface area contributed by atoms with E-state index < -0.39 is 47.6 Å². The van der Waals surface area contributed by atoms with E-state index in [1.165, 1.54) is 4.90 Å². The summed E-state index contributed by atoms with van der Waals surface area (Å²) in [7, 11) is 0. The van der Waals surface area contributed by atoms with Crippen molar-refractivity contribution in [1.29, 1.82) is 0 Å². The van der Waals surface area contributed by atoms with Gasteiger partial charge in [0, 0.05) is 12.1 Å². The minimum absolute atomic E-state index is 0.246. The lowest BCUT2D eigenvalue weighted by atomic mass is 9.94. The van der Waals surface area contributed by atoms with Crippen LogP contribution in [0.3, 0.4) is 0 Å². The molecule has 0 saturated carbocycles. The third kappa shape index (κ3) is 9.87. The molecule has 2 atom stereocenters. The number of benzene rings is 1. The number of primary amides is 1. The highest BCUT2D eigenvalue weighted by molar-refractivity contribution is 5.94. The molecule has 1 rings (SSSR count). The average Bonchev–Trinajstić information content (AvgIpc) is 2.69. The number of aryl methyl sites for hydroxylation is 1. The molecule has 1 aromatic carbocycles. The van der Waals surface area contributed by atoms with Gasteiger partial charge in [-0.15, -0.1) is 0 Å². The van der Waals surface area contributed by atoms with Crippen LogP contribution in [0.1, 0.15) is 90.5 Å². The summed E-state index contributed by atoms with van der Waals surface area (Å²) in [4.78, 5) is 53.4. The summed E-state index contributed by atoms with van der Waals surface area (Å²) in [6, 6.07) is 3.35. The van der Waals surface area contributed by atoms with Crippen molar-refractivity contribution in [3.63, 3.8) is 0 Å². The molecular weight excluding hydrogens is 460 g/mol. The van der Waals surface area contributed by atoms with Gasteiger partial charge >= 0.3 is 6.09 Å². The summed E-state index contributed by atoms with van der Waals surface area (Å²) in [5.41, 5.74) is 6.61. The number of carbonyl (C=O) groups is 4. The fraction of sp³-hybridized carbons (Fsp3) is 0.630. The molecule has 0 aliphatic rings. The maximum atomic E-state index is 13.9. The summed E-state index contributed by atoms with van der Waals surface area (Å²) in [6.07, 6.45) is 0.108. The largest absolute Gasteiger partial charge is 0.444 e. The molecule has 4 amide bonds. The number of unbranched alkanes of at least 4 members (excludes halogenated alkanes) is 1. The maximum Gasteiger partial charge on any atom is 0.408 e. The van der Waals surface area contributed by atoms with Gasteiger partial charge in [-0.25, -0.2) is 4.79 Å². The van der Waals surface area contributed by atoms with Gasteiger partial charge in [0.1, 0.15) is 17.7 Å². The molecule has 9 nitrogen and oxygen atoms in total. The Hall–Kier alpha value is -3.10. The molecule has 0 aliphatic carbocycles. The van der Waals surface area contributed by atoms with Crippen LogP contribution in [0, 0.1) is 13.8 Å². The van der Waals surface area contributed by atoms with Crippen LogP contribution in [0.5, 0.6) is 0 Å². The van der Waals surface area contributed by atoms with Gasteiger partial charge < -0.3 is 26.0 Å². The van der Waals surface area contributed by atoms with E-state index in [4.69, 9.17) is 10.5 Å². The lowest BCUT2D eigenvalue weighted by Crippen LogP contribution is -2.55. The lowest BCUT2D eigenvalue weighted by molar-refractivity contribution is -0.144. The van der Waals surface area contributed by atoms with Crippen LogP contribution in [0.15, 0.2) is 18.2 Å². The zero-order valence-corrected chi connectivity index (χ0v) is 23.3. The van der Waals surface area contributed by atoms with Crippen LogP contribution >= 0.6 is 0 Å². The van der Waals surface area contributed by atoms with Crippen molar-refractivity contribution in [2.45, 2.75) is 105 Å². The number of rotatable bonds is 10. The van der Waals surface area contributed by atoms with Gasteiger partial charge in [-0.1, -0.05) is 31.5 Å². The van der Waals surface area contributed by atoms with E-state index in [1.54, 1.807) is 20.8 Å². The molecule has 0 radical (unpaired) electrons. The van der Waals surface area contributed by atoms with Crippen LogP contribution in [0.4, 0.5) is 4.79 Å². The highest BCUT2D eigenvalue weighted by Gasteiger charge is 2.38. The predicted octanol–water partition coefficient (Wildman–Crippen LogP) is 3.66. The maximum absolute atomic E-state index is 13.9. The Balaban J connectivity index is 3.60. The molecule has 0 spiro atoms. The monoisotopic (exact) mass is 504 g/mol. The summed E-state index contributed by atoms with van der Waals surface area (Å²) >= 11 is 0. The Morgan fingerprint density at radius 1 is 1.06 bits per heavy atom. The average molecular weight is 505 g/mol. The molecule has 0 aliphatic heterocycles. The quantitative estimate of drug-likeness (QED) is 0.448. The van der Waals surface area contributed by atoms with Crippen molar-refractivity contribution in [2.24, 2.45) is 5.73 Å². The van der Waals surface area contributed by atoms with E-state index in [2.05, 4.69) is 10.6 Å². The molecule has 0 saturated heterocycles. The first kappa shape index (κ1) is 30.9. The number of amides is 4. The number of alkyl carbamates (subject to hydrolysis) is 1. The van der Waals surface area contributed by atoms with Crippen molar-refractivity contribution in [3.05, 3.63) is 34.9 Å². The second kappa shape index (κ2) is 12.7. The summed E-state index contributed by atoms with van der Waals surface area (Å²) in [5, 5.41) is 5.49. The van der Waals surface area contributed by atoms with Crippen molar-refractivity contribution >= 4 is 23.8 Å². The smallest absolute Gasteiger partial charge is 0.408 e. The van der Waals surface area contributed by atoms with Crippen LogP contribution < -0.4 is 16.4 Å². The SMILES string of the molecule is CCCCN(C(=O)C(CC(N)=O)NC(=O)OC(C)(C)C)C(C(=O)NC(C)(C)C)c1cccc(C)c1C. The summed E-state index contributed by atoms with van der Waals surface area (Å²) in [5.74, 6) is -1.69. The van der Waals surface area contributed by atoms with Gasteiger partial charge in [-0.3, -0.25) is 14.4 Å². The number of ether oxygens (including phenoxy) is 1. The van der Waals surface area contributed by atoms with E-state index in [1.807, 2.05) is 59.7 Å². The Morgan fingerprint density at radius 2 is 1.67 bits per heavy atom. The molecular formula is C27H44N4O5. The molecule has 9 heteroatoms. The van der Waals surface area contributed by atoms with E-state index in [0.717, 1.165) is 17.5 Å². The van der Waals surface area contributed by atoms with Crippen LogP contribution in [-0.2, 0) is 19.1 Å². The first-order valence-corrected chi connectivity index (χ1v) is 12.4. The van der Waals surface area contributed by atoms with E-state index in [9.17, 15) is 19.2 Å². The van der Waals surface area contributed by atoms with Crippen LogP contribution in [0.2, 0.25) is 0 Å². The highest BCUT2D eigenvalue weighted by Crippen LogP contribution is 2.28. The fourth-order valence-electron chi connectivity index (χ4n) is 3.70. The Bertz CT molecular complexity index is 946. The number of hydrogen-bond acceptors (Lipinski definition) is 5. The molecule has 0 heterocycles. The molecule has 0 aromatic heterocycles. The number of hydrogen-bond donors (Lipinski definition) is 3. The summed E-state index contributed by atoms with van der Waals surface area (Å²) in [6.45, 7) is 16.7. The van der Waals surface area contributed by atoms with Gasteiger partial charge in [0.25, 0.3) is 0 Å². The molecule has 1 aromatic rings. The van der Waals surface area contributed by atoms with Gasteiger partial charge in [0.05, 0.1) is 6.42 Å². The van der Waals surface area contributed by atoms with Gasteiger partial charge in [0.2, 0.25) is 17.7 Å². The topological polar surface area (TPSA) is 131 Å². The van der Waals surface area contributed by atoms with E-state index >= 15 is 0 Å². The minimum Gasteiger partial charge on any atom is -0.444 e. The molecule has 0 fully saturated rings. The molecule has 4 N–H and O–H groups in total. The van der Waals surface area contributed by atoms with Crippen molar-refractivity contribution in [1.82, 2.24) is 15.5 Å². The van der Waals surface area contributed by atoms with Gasteiger partial charge in [-0.05, 0) is 78.5 Å². The zero-order valence-electron chi connectivity index (χ0n) is 23.3. The second-order valence-corrected chi connectivity index (χ2v) is 11.2. The lowest BCUT2D eigenvalue weighted by Gasteiger charge is -2.36. The second-order valence-electron chi connectivity index (χ2n) is 11.2.